The van der Waals surface area contributed by atoms with Crippen LogP contribution in [0.1, 0.15) is 58.8 Å². The van der Waals surface area contributed by atoms with Crippen molar-refractivity contribution in [1.82, 2.24) is 9.78 Å². The Hall–Kier alpha value is -2.74. The van der Waals surface area contributed by atoms with Crippen LogP contribution in [-0.4, -0.2) is 34.1 Å². The van der Waals surface area contributed by atoms with E-state index in [1.165, 1.54) is 0 Å². The molecule has 1 aromatic heterocycles. The zero-order chi connectivity index (χ0) is 24.8. The lowest BCUT2D eigenvalue weighted by atomic mass is 9.46. The Labute approximate surface area is 209 Å². The number of nitrogens with one attached hydrogen (secondary N) is 1. The van der Waals surface area contributed by atoms with Gasteiger partial charge in [-0.1, -0.05) is 11.6 Å². The number of carbonyl (C=O) groups is 1. The summed E-state index contributed by atoms with van der Waals surface area (Å²) in [5.41, 5.74) is -0.0409. The van der Waals surface area contributed by atoms with Gasteiger partial charge in [-0.3, -0.25) is 9.59 Å². The van der Waals surface area contributed by atoms with E-state index in [9.17, 15) is 14.7 Å². The Morgan fingerprint density at radius 3 is 2.54 bits per heavy atom. The molecule has 35 heavy (non-hydrogen) atoms. The predicted octanol–water partition coefficient (Wildman–Crippen LogP) is 5.21. The summed E-state index contributed by atoms with van der Waals surface area (Å²) < 4.78 is 12.9. The molecule has 1 heterocycles. The number of nitrogens with zero attached hydrogens (tertiary/aromatic N) is 2. The Morgan fingerprint density at radius 1 is 1.17 bits per heavy atom. The monoisotopic (exact) mass is 501 g/mol. The molecule has 4 aliphatic carbocycles. The highest BCUT2D eigenvalue weighted by Crippen LogP contribution is 2.65. The van der Waals surface area contributed by atoms with Gasteiger partial charge in [-0.2, -0.15) is 5.10 Å². The zero-order valence-corrected chi connectivity index (χ0v) is 20.9. The Bertz CT molecular complexity index is 1180. The molecule has 2 N–H and O–H groups in total. The van der Waals surface area contributed by atoms with E-state index < -0.39 is 11.5 Å². The molecule has 0 spiro atoms. The summed E-state index contributed by atoms with van der Waals surface area (Å²) in [6.07, 6.45) is 7.08. The van der Waals surface area contributed by atoms with E-state index in [1.807, 2.05) is 32.0 Å². The molecule has 9 heteroatoms. The summed E-state index contributed by atoms with van der Waals surface area (Å²) in [5.74, 6) is 1.38. The van der Waals surface area contributed by atoms with Crippen LogP contribution in [0, 0.1) is 17.3 Å². The molecule has 0 saturated heterocycles. The van der Waals surface area contributed by atoms with Crippen LogP contribution >= 0.6 is 11.6 Å². The number of halogens is 1. The van der Waals surface area contributed by atoms with E-state index in [2.05, 4.69) is 10.4 Å². The molecule has 4 aliphatic rings. The Balaban J connectivity index is 1.48. The van der Waals surface area contributed by atoms with E-state index in [4.69, 9.17) is 21.1 Å². The van der Waals surface area contributed by atoms with Gasteiger partial charge in [0, 0.05) is 6.07 Å². The lowest BCUT2D eigenvalue weighted by Crippen LogP contribution is -2.59. The van der Waals surface area contributed by atoms with Crippen molar-refractivity contribution in [3.8, 4) is 11.5 Å². The highest BCUT2D eigenvalue weighted by atomic mass is 35.5. The van der Waals surface area contributed by atoms with Crippen LogP contribution in [0.15, 0.2) is 29.2 Å². The largest absolute Gasteiger partial charge is 0.494 e. The minimum atomic E-state index is -0.764. The van der Waals surface area contributed by atoms with Crippen molar-refractivity contribution < 1.29 is 19.4 Å². The summed E-state index contributed by atoms with van der Waals surface area (Å²) in [4.78, 5) is 25.2. The first-order valence-electron chi connectivity index (χ1n) is 12.4. The third-order valence-electron chi connectivity index (χ3n) is 7.88. The first kappa shape index (κ1) is 24.0. The number of aromatic nitrogens is 2. The van der Waals surface area contributed by atoms with Crippen molar-refractivity contribution in [3.63, 3.8) is 0 Å². The van der Waals surface area contributed by atoms with Crippen LogP contribution in [0.2, 0.25) is 5.02 Å². The summed E-state index contributed by atoms with van der Waals surface area (Å²) in [6.45, 7) is 4.83. The van der Waals surface area contributed by atoms with Crippen molar-refractivity contribution >= 4 is 28.9 Å². The molecule has 1 aromatic carbocycles. The standard InChI is InChI=1S/C26H32ClN3O5/c1-3-34-18-5-6-21(35-4-2)19(8-18)29-20-14-28-30(24(33)23(20)27)26-11-16-7-17(12-26)10-25(9-16,15-26)13-22(31)32/h5-6,8,14,16-17,29H,3-4,7,9-13,15H2,1-2H3,(H,31,32). The number of rotatable bonds is 9. The molecule has 2 atom stereocenters. The summed E-state index contributed by atoms with van der Waals surface area (Å²) in [6, 6.07) is 5.46. The average Bonchev–Trinajstić information content (AvgIpc) is 2.77. The topological polar surface area (TPSA) is 103 Å². The van der Waals surface area contributed by atoms with Gasteiger partial charge in [-0.15, -0.1) is 0 Å². The van der Waals surface area contributed by atoms with Crippen molar-refractivity contribution in [3.05, 3.63) is 39.8 Å². The summed E-state index contributed by atoms with van der Waals surface area (Å²) in [7, 11) is 0. The minimum absolute atomic E-state index is 0.0623. The maximum absolute atomic E-state index is 13.6. The van der Waals surface area contributed by atoms with Gasteiger partial charge in [0.25, 0.3) is 5.56 Å². The predicted molar refractivity (Wildman–Crippen MR) is 133 cm³/mol. The normalized spacial score (nSPS) is 28.7. The van der Waals surface area contributed by atoms with Gasteiger partial charge >= 0.3 is 5.97 Å². The maximum Gasteiger partial charge on any atom is 0.303 e. The number of benzene rings is 1. The van der Waals surface area contributed by atoms with Crippen molar-refractivity contribution in [2.24, 2.45) is 17.3 Å². The molecule has 4 fully saturated rings. The third-order valence-corrected chi connectivity index (χ3v) is 8.24. The van der Waals surface area contributed by atoms with Crippen molar-refractivity contribution in [2.75, 3.05) is 18.5 Å². The van der Waals surface area contributed by atoms with Crippen LogP contribution in [0.25, 0.3) is 0 Å². The molecular formula is C26H32ClN3O5. The fourth-order valence-electron chi connectivity index (χ4n) is 7.32. The van der Waals surface area contributed by atoms with Crippen LogP contribution in [-0.2, 0) is 10.3 Å². The van der Waals surface area contributed by atoms with E-state index in [-0.39, 0.29) is 22.4 Å². The number of aliphatic carboxylic acids is 1. The van der Waals surface area contributed by atoms with Gasteiger partial charge in [0.1, 0.15) is 16.5 Å². The third kappa shape index (κ3) is 4.37. The second-order valence-electron chi connectivity index (χ2n) is 10.5. The number of anilines is 2. The van der Waals surface area contributed by atoms with Crippen LogP contribution < -0.4 is 20.3 Å². The summed E-state index contributed by atoms with van der Waals surface area (Å²) >= 11 is 6.64. The first-order chi connectivity index (χ1) is 16.8. The Morgan fingerprint density at radius 2 is 1.89 bits per heavy atom. The maximum atomic E-state index is 13.6. The zero-order valence-electron chi connectivity index (χ0n) is 20.2. The molecule has 6 rings (SSSR count). The molecule has 2 unspecified atom stereocenters. The van der Waals surface area contributed by atoms with Gasteiger partial charge in [0.15, 0.2) is 0 Å². The van der Waals surface area contributed by atoms with Crippen LogP contribution in [0.4, 0.5) is 11.4 Å². The van der Waals surface area contributed by atoms with E-state index >= 15 is 0 Å². The molecule has 188 valence electrons. The van der Waals surface area contributed by atoms with Gasteiger partial charge in [-0.05, 0) is 81.8 Å². The lowest BCUT2D eigenvalue weighted by molar-refractivity contribution is -0.151. The molecule has 2 aromatic rings. The SMILES string of the molecule is CCOc1ccc(OCC)c(Nc2cnn(C34CC5CC(CC(CC(=O)O)(C5)C3)C4)c(=O)c2Cl)c1. The molecule has 8 nitrogen and oxygen atoms in total. The quantitative estimate of drug-likeness (QED) is 0.486. The van der Waals surface area contributed by atoms with Crippen LogP contribution in [0.5, 0.6) is 11.5 Å². The first-order valence-corrected chi connectivity index (χ1v) is 12.8. The fourth-order valence-corrected chi connectivity index (χ4v) is 7.50. The van der Waals surface area contributed by atoms with Crippen molar-refractivity contribution in [2.45, 2.75) is 64.3 Å². The highest BCUT2D eigenvalue weighted by Gasteiger charge is 2.59. The smallest absolute Gasteiger partial charge is 0.303 e. The van der Waals surface area contributed by atoms with Gasteiger partial charge in [0.2, 0.25) is 0 Å². The lowest BCUT2D eigenvalue weighted by Gasteiger charge is -2.61. The Kier molecular flexibility index (Phi) is 6.20. The van der Waals surface area contributed by atoms with Gasteiger partial charge < -0.3 is 19.9 Å². The molecule has 0 aliphatic heterocycles. The molecule has 0 radical (unpaired) electrons. The number of hydrogen-bond acceptors (Lipinski definition) is 6. The van der Waals surface area contributed by atoms with Crippen LogP contribution in [0.3, 0.4) is 0 Å². The molecular weight excluding hydrogens is 470 g/mol. The highest BCUT2D eigenvalue weighted by molar-refractivity contribution is 6.33. The number of hydrogen-bond donors (Lipinski definition) is 2. The van der Waals surface area contributed by atoms with Crippen molar-refractivity contribution in [1.29, 1.82) is 0 Å². The number of carboxylic acids is 1. The fraction of sp³-hybridized carbons (Fsp3) is 0.577. The second kappa shape index (κ2) is 9.04. The van der Waals surface area contributed by atoms with Gasteiger partial charge in [0.05, 0.1) is 42.7 Å². The van der Waals surface area contributed by atoms with Gasteiger partial charge in [-0.25, -0.2) is 4.68 Å². The second-order valence-corrected chi connectivity index (χ2v) is 10.9. The molecule has 4 saturated carbocycles. The number of carboxylic acid groups (broad SMARTS) is 1. The number of ether oxygens (including phenoxy) is 2. The molecule has 0 amide bonds. The van der Waals surface area contributed by atoms with E-state index in [0.717, 1.165) is 32.1 Å². The molecule has 4 bridgehead atoms. The van der Waals surface area contributed by atoms with E-state index in [1.54, 1.807) is 10.9 Å². The average molecular weight is 502 g/mol. The van der Waals surface area contributed by atoms with E-state index in [0.29, 0.717) is 54.3 Å². The minimum Gasteiger partial charge on any atom is -0.494 e. The summed E-state index contributed by atoms with van der Waals surface area (Å²) in [5, 5.41) is 17.5.